The van der Waals surface area contributed by atoms with E-state index in [0.717, 1.165) is 0 Å². The minimum Gasteiger partial charge on any atom is -0.502 e. The summed E-state index contributed by atoms with van der Waals surface area (Å²) in [5.41, 5.74) is -0.0440. The van der Waals surface area contributed by atoms with Crippen molar-refractivity contribution in [3.8, 4) is 0 Å². The van der Waals surface area contributed by atoms with E-state index in [1.807, 2.05) is 0 Å². The molecule has 4 nitrogen and oxygen atoms in total. The molecule has 0 aliphatic heterocycles. The number of aliphatic hydroxyl groups excluding tert-OH is 1. The van der Waals surface area contributed by atoms with Gasteiger partial charge in [-0.15, -0.1) is 0 Å². The number of allylic oxidation sites excluding steroid dienone is 1. The maximum absolute atomic E-state index is 10.6. The van der Waals surface area contributed by atoms with Crippen LogP contribution in [0.5, 0.6) is 0 Å². The Morgan fingerprint density at radius 3 is 1.82 bits per heavy atom. The van der Waals surface area contributed by atoms with Crippen molar-refractivity contribution in [2.24, 2.45) is 0 Å². The van der Waals surface area contributed by atoms with Crippen LogP contribution >= 0.6 is 0 Å². The molecule has 0 saturated heterocycles. The van der Waals surface area contributed by atoms with Crippen molar-refractivity contribution < 1.29 is 19.8 Å². The number of rotatable bonds is 3. The van der Waals surface area contributed by atoms with Gasteiger partial charge < -0.3 is 10.2 Å². The first-order chi connectivity index (χ1) is 5.00. The Balaban J connectivity index is 4.83. The Labute approximate surface area is 64.2 Å². The molecule has 0 fully saturated rings. The molecule has 0 aliphatic carbocycles. The fourth-order valence-corrected chi connectivity index (χ4v) is 0.712. The molecule has 0 amide bonds. The molecule has 4 heteroatoms. The van der Waals surface area contributed by atoms with E-state index in [4.69, 9.17) is 10.2 Å². The second kappa shape index (κ2) is 3.75. The van der Waals surface area contributed by atoms with Gasteiger partial charge in [0.05, 0.1) is 0 Å². The van der Waals surface area contributed by atoms with Crippen LogP contribution in [0.4, 0.5) is 0 Å². The summed E-state index contributed by atoms with van der Waals surface area (Å²) in [6.07, 6.45) is 0.230. The van der Waals surface area contributed by atoms with Gasteiger partial charge in [0.15, 0.2) is 5.78 Å². The van der Waals surface area contributed by atoms with Crippen LogP contribution < -0.4 is 0 Å². The van der Waals surface area contributed by atoms with Crippen LogP contribution in [0.15, 0.2) is 11.3 Å². The van der Waals surface area contributed by atoms with Crippen LogP contribution in [0.1, 0.15) is 20.3 Å². The standard InChI is InChI=1S/C7H10O4/c1-3-5(4(2)8)6(9)7(10)11/h9H,3H2,1-2H3,(H,10,11). The average Bonchev–Trinajstić information content (AvgIpc) is 1.88. The number of carboxylic acid groups (broad SMARTS) is 1. The average molecular weight is 158 g/mol. The van der Waals surface area contributed by atoms with E-state index in [9.17, 15) is 9.59 Å². The molecule has 0 saturated carbocycles. The smallest absolute Gasteiger partial charge is 0.371 e. The summed E-state index contributed by atoms with van der Waals surface area (Å²) >= 11 is 0. The molecule has 0 spiro atoms. The van der Waals surface area contributed by atoms with Gasteiger partial charge in [-0.1, -0.05) is 6.92 Å². The largest absolute Gasteiger partial charge is 0.502 e. The fraction of sp³-hybridized carbons (Fsp3) is 0.429. The van der Waals surface area contributed by atoms with E-state index < -0.39 is 17.5 Å². The van der Waals surface area contributed by atoms with E-state index in [2.05, 4.69) is 0 Å². The number of aliphatic hydroxyl groups is 1. The quantitative estimate of drug-likeness (QED) is 0.472. The Bertz CT molecular complexity index is 214. The number of carboxylic acids is 1. The van der Waals surface area contributed by atoms with Crippen molar-refractivity contribution in [1.29, 1.82) is 0 Å². The van der Waals surface area contributed by atoms with E-state index in [0.29, 0.717) is 0 Å². The van der Waals surface area contributed by atoms with Crippen molar-refractivity contribution >= 4 is 11.8 Å². The Morgan fingerprint density at radius 1 is 1.27 bits per heavy atom. The Morgan fingerprint density at radius 2 is 1.73 bits per heavy atom. The number of carbonyl (C=O) groups excluding carboxylic acids is 1. The predicted octanol–water partition coefficient (Wildman–Crippen LogP) is 0.882. The van der Waals surface area contributed by atoms with Crippen LogP contribution in [0, 0.1) is 0 Å². The Hall–Kier alpha value is -1.32. The minimum atomic E-state index is -1.46. The minimum absolute atomic E-state index is 0.0440. The number of hydrogen-bond acceptors (Lipinski definition) is 3. The zero-order chi connectivity index (χ0) is 9.02. The van der Waals surface area contributed by atoms with E-state index in [1.54, 1.807) is 6.92 Å². The van der Waals surface area contributed by atoms with Crippen LogP contribution in [-0.2, 0) is 9.59 Å². The summed E-state index contributed by atoms with van der Waals surface area (Å²) < 4.78 is 0. The summed E-state index contributed by atoms with van der Waals surface area (Å²) in [5, 5.41) is 17.1. The maximum Gasteiger partial charge on any atom is 0.371 e. The summed E-state index contributed by atoms with van der Waals surface area (Å²) in [6.45, 7) is 2.83. The number of hydrogen-bond donors (Lipinski definition) is 2. The molecule has 0 radical (unpaired) electrons. The lowest BCUT2D eigenvalue weighted by atomic mass is 10.1. The number of Topliss-reactive ketones (excluding diaryl/α,β-unsaturated/α-hetero) is 1. The van der Waals surface area contributed by atoms with Crippen LogP contribution in [-0.4, -0.2) is 22.0 Å². The maximum atomic E-state index is 10.6. The van der Waals surface area contributed by atoms with Gasteiger partial charge in [0.2, 0.25) is 5.76 Å². The first-order valence-corrected chi connectivity index (χ1v) is 3.17. The van der Waals surface area contributed by atoms with Gasteiger partial charge in [-0.2, -0.15) is 0 Å². The molecule has 0 atom stereocenters. The highest BCUT2D eigenvalue weighted by Crippen LogP contribution is 2.07. The summed E-state index contributed by atoms with van der Waals surface area (Å²) in [4.78, 5) is 20.8. The van der Waals surface area contributed by atoms with Crippen LogP contribution in [0.2, 0.25) is 0 Å². The lowest BCUT2D eigenvalue weighted by Crippen LogP contribution is -2.08. The molecule has 0 heterocycles. The first-order valence-electron chi connectivity index (χ1n) is 3.17. The van der Waals surface area contributed by atoms with Gasteiger partial charge in [-0.3, -0.25) is 4.79 Å². The molecule has 11 heavy (non-hydrogen) atoms. The van der Waals surface area contributed by atoms with Gasteiger partial charge in [-0.25, -0.2) is 4.79 Å². The van der Waals surface area contributed by atoms with E-state index in [1.165, 1.54) is 6.92 Å². The highest BCUT2D eigenvalue weighted by atomic mass is 16.4. The summed E-state index contributed by atoms with van der Waals surface area (Å²) in [5.74, 6) is -2.72. The van der Waals surface area contributed by atoms with Gasteiger partial charge in [0, 0.05) is 5.57 Å². The topological polar surface area (TPSA) is 74.6 Å². The van der Waals surface area contributed by atoms with E-state index >= 15 is 0 Å². The zero-order valence-electron chi connectivity index (χ0n) is 6.42. The molecular formula is C7H10O4. The lowest BCUT2D eigenvalue weighted by molar-refractivity contribution is -0.136. The molecular weight excluding hydrogens is 148 g/mol. The third-order valence-corrected chi connectivity index (χ3v) is 1.27. The van der Waals surface area contributed by atoms with Crippen LogP contribution in [0.3, 0.4) is 0 Å². The molecule has 0 aromatic heterocycles. The van der Waals surface area contributed by atoms with Crippen molar-refractivity contribution in [3.63, 3.8) is 0 Å². The van der Waals surface area contributed by atoms with Gasteiger partial charge in [0.25, 0.3) is 0 Å². The monoisotopic (exact) mass is 158 g/mol. The molecule has 0 aliphatic rings. The molecule has 0 unspecified atom stereocenters. The number of aliphatic carboxylic acids is 1. The van der Waals surface area contributed by atoms with Gasteiger partial charge >= 0.3 is 5.97 Å². The predicted molar refractivity (Wildman–Crippen MR) is 38.3 cm³/mol. The molecule has 62 valence electrons. The zero-order valence-corrected chi connectivity index (χ0v) is 6.42. The fourth-order valence-electron chi connectivity index (χ4n) is 0.712. The van der Waals surface area contributed by atoms with E-state index in [-0.39, 0.29) is 12.0 Å². The molecule has 0 aromatic rings. The van der Waals surface area contributed by atoms with Gasteiger partial charge in [-0.05, 0) is 13.3 Å². The third kappa shape index (κ3) is 2.41. The molecule has 2 N–H and O–H groups in total. The normalized spacial score (nSPS) is 12.2. The van der Waals surface area contributed by atoms with Crippen molar-refractivity contribution in [2.45, 2.75) is 20.3 Å². The highest BCUT2D eigenvalue weighted by Gasteiger charge is 2.14. The van der Waals surface area contributed by atoms with Crippen LogP contribution in [0.25, 0.3) is 0 Å². The first kappa shape index (κ1) is 9.68. The third-order valence-electron chi connectivity index (χ3n) is 1.27. The second-order valence-electron chi connectivity index (χ2n) is 2.04. The number of ketones is 1. The Kier molecular flexibility index (Phi) is 3.30. The van der Waals surface area contributed by atoms with Crippen molar-refractivity contribution in [2.75, 3.05) is 0 Å². The SMILES string of the molecule is CCC(C(C)=O)=C(O)C(=O)O. The molecule has 0 rings (SSSR count). The molecule has 0 aromatic carbocycles. The summed E-state index contributed by atoms with van der Waals surface area (Å²) in [6, 6.07) is 0. The second-order valence-corrected chi connectivity index (χ2v) is 2.04. The molecule has 0 bridgehead atoms. The van der Waals surface area contributed by atoms with Gasteiger partial charge in [0.1, 0.15) is 0 Å². The van der Waals surface area contributed by atoms with Crippen molar-refractivity contribution in [1.82, 2.24) is 0 Å². The lowest BCUT2D eigenvalue weighted by Gasteiger charge is -1.99. The highest BCUT2D eigenvalue weighted by molar-refractivity contribution is 6.00. The van der Waals surface area contributed by atoms with Crippen molar-refractivity contribution in [3.05, 3.63) is 11.3 Å². The number of carbonyl (C=O) groups is 2. The summed E-state index contributed by atoms with van der Waals surface area (Å²) in [7, 11) is 0.